The summed E-state index contributed by atoms with van der Waals surface area (Å²) in [6, 6.07) is 3.71. The van der Waals surface area contributed by atoms with E-state index < -0.39 is 11.6 Å². The van der Waals surface area contributed by atoms with Crippen LogP contribution in [0.15, 0.2) is 18.2 Å². The van der Waals surface area contributed by atoms with Gasteiger partial charge < -0.3 is 5.32 Å². The van der Waals surface area contributed by atoms with Gasteiger partial charge in [0.1, 0.15) is 11.6 Å². The molecule has 0 bridgehead atoms. The summed E-state index contributed by atoms with van der Waals surface area (Å²) in [7, 11) is 0. The first kappa shape index (κ1) is 16.0. The van der Waals surface area contributed by atoms with E-state index in [1.54, 1.807) is 11.3 Å². The molecule has 21 heavy (non-hydrogen) atoms. The number of aromatic nitrogens is 1. The molecule has 0 saturated carbocycles. The third-order valence-corrected chi connectivity index (χ3v) is 4.30. The van der Waals surface area contributed by atoms with Gasteiger partial charge in [-0.05, 0) is 24.6 Å². The van der Waals surface area contributed by atoms with Gasteiger partial charge in [-0.15, -0.1) is 11.3 Å². The zero-order valence-corrected chi connectivity index (χ0v) is 13.2. The van der Waals surface area contributed by atoms with Crippen molar-refractivity contribution in [3.63, 3.8) is 0 Å². The molecule has 0 amide bonds. The molecular formula is C16H20F2N2S. The van der Waals surface area contributed by atoms with Crippen LogP contribution in [0.4, 0.5) is 8.78 Å². The molecule has 1 aromatic carbocycles. The third-order valence-electron chi connectivity index (χ3n) is 3.20. The summed E-state index contributed by atoms with van der Waals surface area (Å²) in [6.07, 6.45) is 2.38. The van der Waals surface area contributed by atoms with Crippen molar-refractivity contribution in [3.05, 3.63) is 51.0 Å². The number of nitrogens with one attached hydrogen (secondary N) is 1. The first-order valence-corrected chi connectivity index (χ1v) is 8.07. The van der Waals surface area contributed by atoms with E-state index in [1.807, 2.05) is 0 Å². The maximum absolute atomic E-state index is 13.7. The van der Waals surface area contributed by atoms with Gasteiger partial charge in [0.2, 0.25) is 0 Å². The number of rotatable bonds is 7. The van der Waals surface area contributed by atoms with Crippen LogP contribution in [0.2, 0.25) is 0 Å². The number of thiazole rings is 1. The summed E-state index contributed by atoms with van der Waals surface area (Å²) in [4.78, 5) is 5.85. The second kappa shape index (κ2) is 7.61. The zero-order valence-electron chi connectivity index (χ0n) is 12.4. The minimum Gasteiger partial charge on any atom is -0.312 e. The second-order valence-electron chi connectivity index (χ2n) is 4.92. The molecule has 0 spiro atoms. The molecule has 0 unspecified atom stereocenters. The standard InChI is InChI=1S/C16H20F2N2S/c1-3-5-14-15(10-19-4-2)21-16(20-14)8-11-6-7-12(17)9-13(11)18/h6-7,9,19H,3-5,8,10H2,1-2H3. The summed E-state index contributed by atoms with van der Waals surface area (Å²) >= 11 is 1.61. The average molecular weight is 310 g/mol. The molecule has 0 aliphatic rings. The summed E-state index contributed by atoms with van der Waals surface area (Å²) in [5.74, 6) is -1.05. The number of nitrogens with zero attached hydrogens (tertiary/aromatic N) is 1. The van der Waals surface area contributed by atoms with Crippen molar-refractivity contribution >= 4 is 11.3 Å². The smallest absolute Gasteiger partial charge is 0.129 e. The van der Waals surface area contributed by atoms with E-state index in [9.17, 15) is 8.78 Å². The second-order valence-corrected chi connectivity index (χ2v) is 6.09. The lowest BCUT2D eigenvalue weighted by atomic mass is 10.1. The normalized spacial score (nSPS) is 11.0. The molecule has 0 aliphatic heterocycles. The number of benzene rings is 1. The van der Waals surface area contributed by atoms with Crippen LogP contribution in [0.5, 0.6) is 0 Å². The summed E-state index contributed by atoms with van der Waals surface area (Å²) in [6.45, 7) is 5.89. The van der Waals surface area contributed by atoms with Crippen molar-refractivity contribution in [1.82, 2.24) is 10.3 Å². The van der Waals surface area contributed by atoms with Crippen molar-refractivity contribution < 1.29 is 8.78 Å². The van der Waals surface area contributed by atoms with E-state index >= 15 is 0 Å². The van der Waals surface area contributed by atoms with Crippen LogP contribution in [0.1, 0.15) is 41.4 Å². The summed E-state index contributed by atoms with van der Waals surface area (Å²) in [5.41, 5.74) is 1.59. The fraction of sp³-hybridized carbons (Fsp3) is 0.438. The average Bonchev–Trinajstić information content (AvgIpc) is 2.82. The summed E-state index contributed by atoms with van der Waals surface area (Å²) in [5, 5.41) is 4.19. The predicted molar refractivity (Wildman–Crippen MR) is 82.7 cm³/mol. The molecule has 0 fully saturated rings. The SMILES string of the molecule is CCCc1nc(Cc2ccc(F)cc2F)sc1CNCC. The minimum atomic E-state index is -0.546. The molecule has 0 atom stereocenters. The van der Waals surface area contributed by atoms with Crippen LogP contribution in [0, 0.1) is 11.6 Å². The highest BCUT2D eigenvalue weighted by atomic mass is 32.1. The third kappa shape index (κ3) is 4.32. The van der Waals surface area contributed by atoms with Crippen molar-refractivity contribution in [2.75, 3.05) is 6.54 Å². The highest BCUT2D eigenvalue weighted by Crippen LogP contribution is 2.23. The van der Waals surface area contributed by atoms with Gasteiger partial charge in [0.25, 0.3) is 0 Å². The van der Waals surface area contributed by atoms with E-state index in [2.05, 4.69) is 24.1 Å². The first-order valence-electron chi connectivity index (χ1n) is 7.26. The molecule has 0 saturated heterocycles. The van der Waals surface area contributed by atoms with E-state index in [4.69, 9.17) is 0 Å². The molecule has 2 aromatic rings. The van der Waals surface area contributed by atoms with Gasteiger partial charge in [-0.25, -0.2) is 13.8 Å². The fourth-order valence-electron chi connectivity index (χ4n) is 2.15. The van der Waals surface area contributed by atoms with Crippen molar-refractivity contribution in [3.8, 4) is 0 Å². The molecule has 1 aromatic heterocycles. The Labute approximate surface area is 128 Å². The molecule has 2 rings (SSSR count). The molecule has 0 radical (unpaired) electrons. The maximum atomic E-state index is 13.7. The van der Waals surface area contributed by atoms with Crippen molar-refractivity contribution in [1.29, 1.82) is 0 Å². The monoisotopic (exact) mass is 310 g/mol. The van der Waals surface area contributed by atoms with Gasteiger partial charge >= 0.3 is 0 Å². The van der Waals surface area contributed by atoms with Crippen LogP contribution in [-0.2, 0) is 19.4 Å². The number of hydrogen-bond acceptors (Lipinski definition) is 3. The molecule has 1 N–H and O–H groups in total. The Morgan fingerprint density at radius 3 is 2.71 bits per heavy atom. The topological polar surface area (TPSA) is 24.9 Å². The number of halogens is 2. The van der Waals surface area contributed by atoms with E-state index in [0.717, 1.165) is 42.7 Å². The Hall–Kier alpha value is -1.33. The van der Waals surface area contributed by atoms with Crippen LogP contribution in [0.25, 0.3) is 0 Å². The Morgan fingerprint density at radius 1 is 1.24 bits per heavy atom. The minimum absolute atomic E-state index is 0.416. The van der Waals surface area contributed by atoms with E-state index in [0.29, 0.717) is 12.0 Å². The Bertz CT molecular complexity index is 596. The molecule has 1 heterocycles. The van der Waals surface area contributed by atoms with E-state index in [-0.39, 0.29) is 0 Å². The van der Waals surface area contributed by atoms with Gasteiger partial charge in [0.15, 0.2) is 0 Å². The highest BCUT2D eigenvalue weighted by Gasteiger charge is 2.12. The molecule has 0 aliphatic carbocycles. The lowest BCUT2D eigenvalue weighted by molar-refractivity contribution is 0.574. The molecular weight excluding hydrogens is 290 g/mol. The molecule has 5 heteroatoms. The quantitative estimate of drug-likeness (QED) is 0.833. The largest absolute Gasteiger partial charge is 0.312 e. The van der Waals surface area contributed by atoms with Crippen LogP contribution in [0.3, 0.4) is 0 Å². The van der Waals surface area contributed by atoms with Crippen molar-refractivity contribution in [2.24, 2.45) is 0 Å². The van der Waals surface area contributed by atoms with Gasteiger partial charge in [0, 0.05) is 23.9 Å². The number of hydrogen-bond donors (Lipinski definition) is 1. The Morgan fingerprint density at radius 2 is 2.05 bits per heavy atom. The fourth-order valence-corrected chi connectivity index (χ4v) is 3.26. The maximum Gasteiger partial charge on any atom is 0.129 e. The number of aryl methyl sites for hydroxylation is 1. The lowest BCUT2D eigenvalue weighted by Gasteiger charge is -2.00. The zero-order chi connectivity index (χ0) is 15.2. The Balaban J connectivity index is 2.19. The lowest BCUT2D eigenvalue weighted by Crippen LogP contribution is -2.11. The Kier molecular flexibility index (Phi) is 5.82. The first-order chi connectivity index (χ1) is 10.1. The van der Waals surface area contributed by atoms with Gasteiger partial charge in [0.05, 0.1) is 10.7 Å². The van der Waals surface area contributed by atoms with Gasteiger partial charge in [-0.2, -0.15) is 0 Å². The van der Waals surface area contributed by atoms with Gasteiger partial charge in [-0.3, -0.25) is 0 Å². The summed E-state index contributed by atoms with van der Waals surface area (Å²) < 4.78 is 26.7. The van der Waals surface area contributed by atoms with Crippen LogP contribution >= 0.6 is 11.3 Å². The van der Waals surface area contributed by atoms with E-state index in [1.165, 1.54) is 17.0 Å². The molecule has 2 nitrogen and oxygen atoms in total. The van der Waals surface area contributed by atoms with Crippen LogP contribution in [-0.4, -0.2) is 11.5 Å². The van der Waals surface area contributed by atoms with Gasteiger partial charge in [-0.1, -0.05) is 26.3 Å². The van der Waals surface area contributed by atoms with Crippen molar-refractivity contribution in [2.45, 2.75) is 39.7 Å². The predicted octanol–water partition coefficient (Wildman–Crippen LogP) is 4.07. The molecule has 114 valence electrons. The highest BCUT2D eigenvalue weighted by molar-refractivity contribution is 7.11. The van der Waals surface area contributed by atoms with Crippen LogP contribution < -0.4 is 5.32 Å².